The lowest BCUT2D eigenvalue weighted by molar-refractivity contribution is -0.143. The average molecular weight is 673 g/mol. The number of β-amino-alcohol motifs (C(OH)–C–C–N with tert-alkyl or cyclic N) is 1. The first kappa shape index (κ1) is 34.0. The van der Waals surface area contributed by atoms with Crippen LogP contribution in [0.25, 0.3) is 0 Å². The number of hydrogen-bond donors (Lipinski definition) is 1. The Labute approximate surface area is 263 Å². The van der Waals surface area contributed by atoms with Crippen LogP contribution in [0.4, 0.5) is 51.1 Å². The van der Waals surface area contributed by atoms with E-state index in [1.165, 1.54) is 24.9 Å². The third kappa shape index (κ3) is 7.63. The second-order valence-electron chi connectivity index (χ2n) is 11.4. The Morgan fingerprint density at radius 1 is 0.894 bits per heavy atom. The molecule has 0 fully saturated rings. The molecule has 47 heavy (non-hydrogen) atoms. The highest BCUT2D eigenvalue weighted by Crippen LogP contribution is 2.44. The van der Waals surface area contributed by atoms with Gasteiger partial charge in [0.25, 0.3) is 5.95 Å². The van der Waals surface area contributed by atoms with Crippen LogP contribution in [0.5, 0.6) is 0 Å². The molecule has 1 aliphatic rings. The van der Waals surface area contributed by atoms with Crippen LogP contribution >= 0.6 is 0 Å². The first-order valence-electron chi connectivity index (χ1n) is 14.4. The molecular weight excluding hydrogens is 643 g/mol. The molecule has 252 valence electrons. The summed E-state index contributed by atoms with van der Waals surface area (Å²) in [7, 11) is 1.41. The molecule has 0 spiro atoms. The Bertz CT molecular complexity index is 1670. The van der Waals surface area contributed by atoms with Gasteiger partial charge in [0.1, 0.15) is 0 Å². The number of anilines is 2. The number of alkyl halides is 9. The number of aliphatic hydroxyl groups excluding tert-OH is 1. The number of aliphatic hydroxyl groups is 1. The number of benzene rings is 3. The van der Waals surface area contributed by atoms with E-state index in [0.29, 0.717) is 29.7 Å². The number of hydrogen-bond acceptors (Lipinski definition) is 6. The van der Waals surface area contributed by atoms with Crippen molar-refractivity contribution in [3.8, 4) is 0 Å². The molecule has 4 aromatic rings. The summed E-state index contributed by atoms with van der Waals surface area (Å²) >= 11 is 0. The lowest BCUT2D eigenvalue weighted by atomic mass is 9.94. The highest BCUT2D eigenvalue weighted by atomic mass is 19.4. The van der Waals surface area contributed by atoms with Gasteiger partial charge >= 0.3 is 18.5 Å². The molecule has 0 saturated carbocycles. The van der Waals surface area contributed by atoms with Crippen LogP contribution in [0, 0.1) is 6.92 Å². The van der Waals surface area contributed by atoms with Gasteiger partial charge in [-0.2, -0.15) is 44.3 Å². The fourth-order valence-electron chi connectivity index (χ4n) is 5.84. The van der Waals surface area contributed by atoms with E-state index in [1.807, 2.05) is 0 Å². The van der Waals surface area contributed by atoms with E-state index in [0.717, 1.165) is 10.9 Å². The lowest BCUT2D eigenvalue weighted by Gasteiger charge is -2.34. The normalized spacial score (nSPS) is 16.5. The van der Waals surface area contributed by atoms with Gasteiger partial charge in [-0.15, -0.1) is 5.10 Å². The molecule has 0 bridgehead atoms. The molecule has 0 aliphatic carbocycles. The summed E-state index contributed by atoms with van der Waals surface area (Å²) in [6.45, 7) is 0.810. The van der Waals surface area contributed by atoms with Crippen molar-refractivity contribution in [3.05, 3.63) is 99.6 Å². The van der Waals surface area contributed by atoms with Gasteiger partial charge in [0.15, 0.2) is 0 Å². The van der Waals surface area contributed by atoms with Gasteiger partial charge in [-0.1, -0.05) is 41.5 Å². The first-order chi connectivity index (χ1) is 21.9. The molecule has 1 N–H and O–H groups in total. The summed E-state index contributed by atoms with van der Waals surface area (Å²) < 4.78 is 125. The number of tetrazole rings is 1. The van der Waals surface area contributed by atoms with Gasteiger partial charge in [0, 0.05) is 25.3 Å². The Kier molecular flexibility index (Phi) is 9.18. The molecular formula is C31H29F9N6O. The third-order valence-corrected chi connectivity index (χ3v) is 7.99. The molecule has 2 heterocycles. The van der Waals surface area contributed by atoms with Crippen LogP contribution in [0.2, 0.25) is 0 Å². The highest BCUT2D eigenvalue weighted by Gasteiger charge is 2.39. The predicted octanol–water partition coefficient (Wildman–Crippen LogP) is 7.66. The molecule has 1 aromatic heterocycles. The number of rotatable bonds is 7. The summed E-state index contributed by atoms with van der Waals surface area (Å²) in [5.41, 5.74) is -3.51. The van der Waals surface area contributed by atoms with E-state index in [1.54, 1.807) is 35.2 Å². The predicted molar refractivity (Wildman–Crippen MR) is 153 cm³/mol. The number of fused-ring (bicyclic) bond motifs is 1. The van der Waals surface area contributed by atoms with Crippen molar-refractivity contribution < 1.29 is 44.6 Å². The maximum Gasteiger partial charge on any atom is 0.416 e. The Morgan fingerprint density at radius 3 is 2.09 bits per heavy atom. The monoisotopic (exact) mass is 672 g/mol. The number of aromatic nitrogens is 4. The standard InChI is InChI=1S/C31H29F9N6O/c1-18-11-23-25(9-6-10-45(26(23)15-24(18)31(38,39)40)17-27(47)20-7-4-3-5-8-20)46(28-41-43-44(2)42-28)16-19-12-21(29(32,33)34)14-22(13-19)30(35,36)37/h3-5,7-8,11-15,25,27,47H,6,9-10,16-17H2,1-2H3. The Morgan fingerprint density at radius 2 is 1.53 bits per heavy atom. The largest absolute Gasteiger partial charge is 0.416 e. The van der Waals surface area contributed by atoms with E-state index >= 15 is 0 Å². The zero-order valence-electron chi connectivity index (χ0n) is 25.0. The van der Waals surface area contributed by atoms with E-state index in [9.17, 15) is 44.6 Å². The second kappa shape index (κ2) is 12.7. The van der Waals surface area contributed by atoms with Gasteiger partial charge in [-0.25, -0.2) is 0 Å². The van der Waals surface area contributed by atoms with Crippen LogP contribution in [-0.4, -0.2) is 38.4 Å². The quantitative estimate of drug-likeness (QED) is 0.204. The summed E-state index contributed by atoms with van der Waals surface area (Å²) in [6.07, 6.45) is -15.5. The Hall–Kier alpha value is -4.34. The van der Waals surface area contributed by atoms with Crippen molar-refractivity contribution in [2.75, 3.05) is 22.9 Å². The van der Waals surface area contributed by atoms with E-state index < -0.39 is 53.9 Å². The van der Waals surface area contributed by atoms with E-state index in [4.69, 9.17) is 0 Å². The van der Waals surface area contributed by atoms with Crippen LogP contribution in [0.3, 0.4) is 0 Å². The van der Waals surface area contributed by atoms with Crippen molar-refractivity contribution in [1.82, 2.24) is 20.2 Å². The average Bonchev–Trinajstić information content (AvgIpc) is 3.34. The highest BCUT2D eigenvalue weighted by molar-refractivity contribution is 5.62. The molecule has 7 nitrogen and oxygen atoms in total. The number of aryl methyl sites for hydroxylation is 2. The maximum atomic E-state index is 14.2. The van der Waals surface area contributed by atoms with Crippen molar-refractivity contribution in [2.24, 2.45) is 7.05 Å². The van der Waals surface area contributed by atoms with E-state index in [-0.39, 0.29) is 48.3 Å². The SMILES string of the molecule is Cc1cc2c(cc1C(F)(F)F)N(CC(O)c1ccccc1)CCCC2N(Cc1cc(C(F)(F)F)cc(C(F)(F)F)c1)c1nnn(C)n1. The fraction of sp³-hybridized carbons (Fsp3) is 0.387. The van der Waals surface area contributed by atoms with Crippen LogP contribution in [0.1, 0.15) is 63.9 Å². The summed E-state index contributed by atoms with van der Waals surface area (Å²) in [5, 5.41) is 22.9. The van der Waals surface area contributed by atoms with Gasteiger partial charge in [-0.05, 0) is 71.5 Å². The summed E-state index contributed by atoms with van der Waals surface area (Å²) in [4.78, 5) is 4.01. The molecule has 3 aromatic carbocycles. The van der Waals surface area contributed by atoms with E-state index in [2.05, 4.69) is 15.4 Å². The third-order valence-electron chi connectivity index (χ3n) is 7.99. The minimum absolute atomic E-state index is 0.0211. The maximum absolute atomic E-state index is 14.2. The Balaban J connectivity index is 1.65. The van der Waals surface area contributed by atoms with Gasteiger partial charge in [0.05, 0.1) is 35.9 Å². The molecule has 16 heteroatoms. The van der Waals surface area contributed by atoms with Crippen molar-refractivity contribution >= 4 is 11.6 Å². The number of halogens is 9. The number of nitrogens with zero attached hydrogens (tertiary/aromatic N) is 6. The molecule has 2 atom stereocenters. The van der Waals surface area contributed by atoms with Crippen LogP contribution in [0.15, 0.2) is 60.7 Å². The van der Waals surface area contributed by atoms with Gasteiger partial charge in [-0.3, -0.25) is 0 Å². The topological polar surface area (TPSA) is 70.3 Å². The van der Waals surface area contributed by atoms with Crippen LogP contribution in [-0.2, 0) is 32.1 Å². The van der Waals surface area contributed by atoms with Crippen molar-refractivity contribution in [2.45, 2.75) is 57.0 Å². The minimum Gasteiger partial charge on any atom is -0.387 e. The first-order valence-corrected chi connectivity index (χ1v) is 14.4. The smallest absolute Gasteiger partial charge is 0.387 e. The van der Waals surface area contributed by atoms with Gasteiger partial charge in [0.2, 0.25) is 0 Å². The van der Waals surface area contributed by atoms with Gasteiger partial charge < -0.3 is 14.9 Å². The molecule has 5 rings (SSSR count). The molecule has 1 aliphatic heterocycles. The second-order valence-corrected chi connectivity index (χ2v) is 11.4. The zero-order valence-corrected chi connectivity index (χ0v) is 25.0. The zero-order chi connectivity index (χ0) is 34.3. The van der Waals surface area contributed by atoms with Crippen molar-refractivity contribution in [3.63, 3.8) is 0 Å². The fourth-order valence-corrected chi connectivity index (χ4v) is 5.84. The molecule has 0 radical (unpaired) electrons. The molecule has 0 saturated heterocycles. The summed E-state index contributed by atoms with van der Waals surface area (Å²) in [5.74, 6) is -0.148. The lowest BCUT2D eigenvalue weighted by Crippen LogP contribution is -2.31. The summed E-state index contributed by atoms with van der Waals surface area (Å²) in [6, 6.07) is 11.1. The van der Waals surface area contributed by atoms with Crippen LogP contribution < -0.4 is 9.80 Å². The minimum atomic E-state index is -5.09. The molecule has 0 amide bonds. The van der Waals surface area contributed by atoms with Crippen molar-refractivity contribution in [1.29, 1.82) is 0 Å². The molecule has 2 unspecified atom stereocenters.